The van der Waals surface area contributed by atoms with Crippen LogP contribution >= 0.6 is 23.4 Å². The van der Waals surface area contributed by atoms with Crippen LogP contribution < -0.4 is 5.56 Å². The van der Waals surface area contributed by atoms with E-state index in [0.717, 1.165) is 27.0 Å². The molecule has 0 aliphatic heterocycles. The predicted octanol–water partition coefficient (Wildman–Crippen LogP) is 4.84. The summed E-state index contributed by atoms with van der Waals surface area (Å²) in [5.74, 6) is 0.667. The van der Waals surface area contributed by atoms with Gasteiger partial charge in [-0.15, -0.1) is 0 Å². The Morgan fingerprint density at radius 3 is 2.72 bits per heavy atom. The van der Waals surface area contributed by atoms with E-state index in [1.807, 2.05) is 55.5 Å². The number of H-pyrrole nitrogens is 1. The summed E-state index contributed by atoms with van der Waals surface area (Å²) in [6, 6.07) is 15.6. The van der Waals surface area contributed by atoms with Crippen LogP contribution in [0, 0.1) is 0 Å². The van der Waals surface area contributed by atoms with Crippen LogP contribution in [0.25, 0.3) is 21.9 Å². The lowest BCUT2D eigenvalue weighted by Gasteiger charge is -2.10. The molecule has 0 bridgehead atoms. The van der Waals surface area contributed by atoms with Crippen molar-refractivity contribution >= 4 is 45.3 Å². The summed E-state index contributed by atoms with van der Waals surface area (Å²) in [4.78, 5) is 20.9. The van der Waals surface area contributed by atoms with Crippen LogP contribution in [0.4, 0.5) is 0 Å². The van der Waals surface area contributed by atoms with Crippen molar-refractivity contribution in [1.82, 2.24) is 14.5 Å². The van der Waals surface area contributed by atoms with E-state index >= 15 is 0 Å². The summed E-state index contributed by atoms with van der Waals surface area (Å²) in [5.41, 5.74) is 3.21. The summed E-state index contributed by atoms with van der Waals surface area (Å²) in [6.45, 7) is 2.53. The second-order valence-corrected chi connectivity index (χ2v) is 7.07. The highest BCUT2D eigenvalue weighted by molar-refractivity contribution is 7.98. The number of nitrogens with one attached hydrogen (secondary N) is 1. The van der Waals surface area contributed by atoms with E-state index in [4.69, 9.17) is 16.6 Å². The number of hydrogen-bond donors (Lipinski definition) is 1. The molecule has 1 N–H and O–H groups in total. The number of benzene rings is 2. The van der Waals surface area contributed by atoms with Gasteiger partial charge in [0, 0.05) is 28.2 Å². The van der Waals surface area contributed by atoms with Crippen LogP contribution in [-0.2, 0) is 12.3 Å². The number of rotatable bonds is 4. The fourth-order valence-corrected chi connectivity index (χ4v) is 4.26. The van der Waals surface area contributed by atoms with Crippen molar-refractivity contribution in [2.45, 2.75) is 24.4 Å². The largest absolute Gasteiger partial charge is 0.349 e. The fourth-order valence-electron chi connectivity index (χ4n) is 2.92. The van der Waals surface area contributed by atoms with Gasteiger partial charge in [0.15, 0.2) is 5.16 Å². The Morgan fingerprint density at radius 1 is 1.16 bits per heavy atom. The molecule has 0 fully saturated rings. The van der Waals surface area contributed by atoms with E-state index in [0.29, 0.717) is 23.0 Å². The van der Waals surface area contributed by atoms with Crippen LogP contribution in [0.2, 0.25) is 5.02 Å². The summed E-state index contributed by atoms with van der Waals surface area (Å²) >= 11 is 7.78. The summed E-state index contributed by atoms with van der Waals surface area (Å²) in [6.07, 6.45) is 0. The Bertz CT molecular complexity index is 1130. The second-order valence-electron chi connectivity index (χ2n) is 5.72. The maximum Gasteiger partial charge on any atom is 0.278 e. The Hall–Kier alpha value is -2.24. The number of halogens is 1. The van der Waals surface area contributed by atoms with Crippen molar-refractivity contribution < 1.29 is 0 Å². The maximum atomic E-state index is 12.9. The van der Waals surface area contributed by atoms with Crippen LogP contribution in [0.15, 0.2) is 58.5 Å². The van der Waals surface area contributed by atoms with Gasteiger partial charge in [-0.1, -0.05) is 59.8 Å². The highest BCUT2D eigenvalue weighted by Crippen LogP contribution is 2.28. The van der Waals surface area contributed by atoms with Gasteiger partial charge in [0.2, 0.25) is 0 Å². The van der Waals surface area contributed by atoms with Crippen LogP contribution in [0.3, 0.4) is 0 Å². The molecule has 25 heavy (non-hydrogen) atoms. The number of thioether (sulfide) groups is 1. The Kier molecular flexibility index (Phi) is 4.27. The molecule has 0 saturated carbocycles. The summed E-state index contributed by atoms with van der Waals surface area (Å²) in [5, 5.41) is 2.41. The molecule has 0 aliphatic rings. The Balaban J connectivity index is 1.83. The number of aromatic nitrogens is 3. The highest BCUT2D eigenvalue weighted by Gasteiger charge is 2.15. The zero-order valence-corrected chi connectivity index (χ0v) is 15.2. The van der Waals surface area contributed by atoms with Crippen LogP contribution in [0.1, 0.15) is 12.5 Å². The molecule has 0 unspecified atom stereocenters. The lowest BCUT2D eigenvalue weighted by atomic mass is 10.2. The van der Waals surface area contributed by atoms with Gasteiger partial charge < -0.3 is 4.98 Å². The normalized spacial score (nSPS) is 11.4. The molecule has 126 valence electrons. The molecular weight excluding hydrogens is 354 g/mol. The average molecular weight is 370 g/mol. The van der Waals surface area contributed by atoms with Gasteiger partial charge in [0.25, 0.3) is 5.56 Å². The van der Waals surface area contributed by atoms with Crippen molar-refractivity contribution in [1.29, 1.82) is 0 Å². The van der Waals surface area contributed by atoms with Gasteiger partial charge in [-0.2, -0.15) is 0 Å². The first kappa shape index (κ1) is 16.2. The third kappa shape index (κ3) is 2.83. The van der Waals surface area contributed by atoms with Gasteiger partial charge in [0.05, 0.1) is 0 Å². The van der Waals surface area contributed by atoms with E-state index in [1.54, 1.807) is 4.57 Å². The quantitative estimate of drug-likeness (QED) is 0.413. The number of fused-ring (bicyclic) bond motifs is 3. The number of hydrogen-bond acceptors (Lipinski definition) is 3. The molecule has 2 aromatic carbocycles. The van der Waals surface area contributed by atoms with E-state index in [-0.39, 0.29) is 5.56 Å². The molecule has 0 radical (unpaired) electrons. The number of para-hydroxylation sites is 1. The van der Waals surface area contributed by atoms with Crippen molar-refractivity contribution in [3.63, 3.8) is 0 Å². The van der Waals surface area contributed by atoms with Gasteiger partial charge in [-0.05, 0) is 24.6 Å². The maximum absolute atomic E-state index is 12.9. The first-order valence-electron chi connectivity index (χ1n) is 8.06. The minimum absolute atomic E-state index is 0.0367. The standard InChI is InChI=1S/C19H16ClN3OS/c1-2-23-18(24)17-16(13-8-4-6-10-15(13)21-17)22-19(23)25-11-12-7-3-5-9-14(12)20/h3-10,21H,2,11H2,1H3. The third-order valence-electron chi connectivity index (χ3n) is 4.21. The molecule has 2 heterocycles. The van der Waals surface area contributed by atoms with Gasteiger partial charge in [0.1, 0.15) is 11.0 Å². The molecule has 4 nitrogen and oxygen atoms in total. The lowest BCUT2D eigenvalue weighted by molar-refractivity contribution is 0.634. The molecule has 4 aromatic rings. The van der Waals surface area contributed by atoms with E-state index in [1.165, 1.54) is 11.8 Å². The predicted molar refractivity (Wildman–Crippen MR) is 105 cm³/mol. The number of aromatic amines is 1. The fraction of sp³-hybridized carbons (Fsp3) is 0.158. The Labute approximate surface area is 153 Å². The first-order chi connectivity index (χ1) is 12.2. The number of nitrogens with zero attached hydrogens (tertiary/aromatic N) is 2. The molecular formula is C19H16ClN3OS. The minimum Gasteiger partial charge on any atom is -0.349 e. The highest BCUT2D eigenvalue weighted by atomic mass is 35.5. The molecule has 4 rings (SSSR count). The monoisotopic (exact) mass is 369 g/mol. The first-order valence-corrected chi connectivity index (χ1v) is 9.43. The topological polar surface area (TPSA) is 50.7 Å². The summed E-state index contributed by atoms with van der Waals surface area (Å²) < 4.78 is 1.71. The molecule has 2 aromatic heterocycles. The molecule has 0 atom stereocenters. The van der Waals surface area contributed by atoms with E-state index < -0.39 is 0 Å². The Morgan fingerprint density at radius 2 is 1.92 bits per heavy atom. The minimum atomic E-state index is -0.0367. The molecule has 0 aliphatic carbocycles. The molecule has 0 amide bonds. The second kappa shape index (κ2) is 6.58. The smallest absolute Gasteiger partial charge is 0.278 e. The van der Waals surface area contributed by atoms with Crippen LogP contribution in [0.5, 0.6) is 0 Å². The summed E-state index contributed by atoms with van der Waals surface area (Å²) in [7, 11) is 0. The van der Waals surface area contributed by atoms with E-state index in [2.05, 4.69) is 4.98 Å². The molecule has 6 heteroatoms. The zero-order valence-electron chi connectivity index (χ0n) is 13.6. The SMILES string of the molecule is CCn1c(SCc2ccccc2Cl)nc2c([nH]c3ccccc32)c1=O. The van der Waals surface area contributed by atoms with Crippen molar-refractivity contribution in [3.8, 4) is 0 Å². The van der Waals surface area contributed by atoms with Gasteiger partial charge >= 0.3 is 0 Å². The van der Waals surface area contributed by atoms with Crippen LogP contribution in [-0.4, -0.2) is 14.5 Å². The average Bonchev–Trinajstić information content (AvgIpc) is 3.00. The van der Waals surface area contributed by atoms with Crippen molar-refractivity contribution in [3.05, 3.63) is 69.5 Å². The third-order valence-corrected chi connectivity index (χ3v) is 5.60. The van der Waals surface area contributed by atoms with Gasteiger partial charge in [-0.25, -0.2) is 4.98 Å². The van der Waals surface area contributed by atoms with E-state index in [9.17, 15) is 4.79 Å². The molecule has 0 saturated heterocycles. The zero-order chi connectivity index (χ0) is 17.4. The van der Waals surface area contributed by atoms with Crippen molar-refractivity contribution in [2.75, 3.05) is 0 Å². The van der Waals surface area contributed by atoms with Gasteiger partial charge in [-0.3, -0.25) is 9.36 Å². The molecule has 0 spiro atoms. The lowest BCUT2D eigenvalue weighted by Crippen LogP contribution is -2.22. The van der Waals surface area contributed by atoms with Crippen molar-refractivity contribution in [2.24, 2.45) is 0 Å².